The molecule has 6 nitrogen and oxygen atoms in total. The second-order valence-corrected chi connectivity index (χ2v) is 3.71. The number of hydrogen-bond acceptors (Lipinski definition) is 6. The van der Waals surface area contributed by atoms with Gasteiger partial charge < -0.3 is 24.6 Å². The van der Waals surface area contributed by atoms with Gasteiger partial charge >= 0.3 is 5.97 Å². The molecule has 7 heteroatoms. The zero-order valence-corrected chi connectivity index (χ0v) is 11.2. The van der Waals surface area contributed by atoms with E-state index in [0.29, 0.717) is 0 Å². The molecule has 0 spiro atoms. The summed E-state index contributed by atoms with van der Waals surface area (Å²) in [5.41, 5.74) is 0. The van der Waals surface area contributed by atoms with Gasteiger partial charge in [0.05, 0.1) is 12.2 Å². The monoisotopic (exact) mass is 270 g/mol. The first-order chi connectivity index (χ1) is 7.93. The molecule has 1 saturated heterocycles. The van der Waals surface area contributed by atoms with Crippen LogP contribution in [-0.2, 0) is 9.53 Å². The predicted molar refractivity (Wildman–Crippen MR) is 66.2 cm³/mol. The van der Waals surface area contributed by atoms with Crippen molar-refractivity contribution < 1.29 is 29.4 Å². The maximum absolute atomic E-state index is 10.5. The van der Waals surface area contributed by atoms with Gasteiger partial charge in [-0.05, 0) is 19.8 Å². The van der Waals surface area contributed by atoms with Crippen LogP contribution in [0.5, 0.6) is 0 Å². The van der Waals surface area contributed by atoms with Crippen LogP contribution in [0.15, 0.2) is 0 Å². The van der Waals surface area contributed by atoms with Crippen molar-refractivity contribution >= 4 is 18.9 Å². The smallest absolute Gasteiger partial charge is 0.335 e. The Hall–Kier alpha value is -0.340. The standard InChI is InChI=1S/C7H12O5.C3H8.H2OS/c1-3-2-4(8)5(9)6(12-3)7(10)11;1-3-2;1-2/h3-6,8-9H,2H2,1H3,(H,10,11);3H2,1-2H3;1-2H/t3-,4+,5?,6?;;/m0../s1. The van der Waals surface area contributed by atoms with Gasteiger partial charge in [0.1, 0.15) is 6.10 Å². The number of hydrogen-bond donors (Lipinski definition) is 5. The second-order valence-electron chi connectivity index (χ2n) is 3.71. The highest BCUT2D eigenvalue weighted by molar-refractivity contribution is 7.74. The molecule has 4 N–H and O–H groups in total. The first-order valence-corrected chi connectivity index (χ1v) is 5.78. The van der Waals surface area contributed by atoms with E-state index in [1.54, 1.807) is 6.92 Å². The molecular weight excluding hydrogens is 248 g/mol. The highest BCUT2D eigenvalue weighted by atomic mass is 32.1. The quantitative estimate of drug-likeness (QED) is 0.356. The van der Waals surface area contributed by atoms with Gasteiger partial charge in [0, 0.05) is 6.42 Å². The van der Waals surface area contributed by atoms with E-state index in [1.807, 2.05) is 0 Å². The number of ether oxygens (including phenoxy) is 1. The number of aliphatic carboxylic acids is 1. The van der Waals surface area contributed by atoms with Crippen LogP contribution in [0.3, 0.4) is 0 Å². The molecule has 0 amide bonds. The summed E-state index contributed by atoms with van der Waals surface area (Å²) in [5, 5.41) is 26.9. The Morgan fingerprint density at radius 2 is 1.76 bits per heavy atom. The molecule has 1 rings (SSSR count). The fourth-order valence-corrected chi connectivity index (χ4v) is 1.27. The van der Waals surface area contributed by atoms with Crippen molar-refractivity contribution in [3.05, 3.63) is 0 Å². The molecule has 1 aliphatic heterocycles. The Bertz CT molecular complexity index is 201. The molecule has 4 atom stereocenters. The van der Waals surface area contributed by atoms with E-state index in [1.165, 1.54) is 6.42 Å². The fraction of sp³-hybridized carbons (Fsp3) is 0.900. The van der Waals surface area contributed by atoms with Gasteiger partial charge in [-0.2, -0.15) is 0 Å². The van der Waals surface area contributed by atoms with E-state index < -0.39 is 24.3 Å². The van der Waals surface area contributed by atoms with Crippen LogP contribution >= 0.6 is 12.9 Å². The highest BCUT2D eigenvalue weighted by Gasteiger charge is 2.39. The van der Waals surface area contributed by atoms with Crippen molar-refractivity contribution in [2.75, 3.05) is 0 Å². The number of thiol groups is 1. The van der Waals surface area contributed by atoms with E-state index in [2.05, 4.69) is 26.8 Å². The largest absolute Gasteiger partial charge is 0.479 e. The average molecular weight is 270 g/mol. The lowest BCUT2D eigenvalue weighted by atomic mass is 9.99. The zero-order valence-electron chi connectivity index (χ0n) is 10.3. The van der Waals surface area contributed by atoms with Crippen molar-refractivity contribution in [3.63, 3.8) is 0 Å². The first-order valence-electron chi connectivity index (χ1n) is 5.38. The van der Waals surface area contributed by atoms with Crippen molar-refractivity contribution in [2.24, 2.45) is 0 Å². The Kier molecular flexibility index (Phi) is 12.1. The zero-order chi connectivity index (χ0) is 14.0. The van der Waals surface area contributed by atoms with E-state index in [4.69, 9.17) is 19.5 Å². The summed E-state index contributed by atoms with van der Waals surface area (Å²) in [6.45, 7) is 5.91. The summed E-state index contributed by atoms with van der Waals surface area (Å²) in [5.74, 6) is -1.24. The Balaban J connectivity index is 0. The molecule has 0 aromatic carbocycles. The van der Waals surface area contributed by atoms with E-state index in [9.17, 15) is 9.90 Å². The van der Waals surface area contributed by atoms with Crippen LogP contribution in [0, 0.1) is 0 Å². The van der Waals surface area contributed by atoms with Crippen LogP contribution in [0.25, 0.3) is 0 Å². The summed E-state index contributed by atoms with van der Waals surface area (Å²) < 4.78 is 11.6. The summed E-state index contributed by atoms with van der Waals surface area (Å²) >= 11 is 2.53. The summed E-state index contributed by atoms with van der Waals surface area (Å²) in [4.78, 5) is 10.5. The van der Waals surface area contributed by atoms with Gasteiger partial charge in [-0.25, -0.2) is 4.79 Å². The molecule has 0 aromatic rings. The summed E-state index contributed by atoms with van der Waals surface area (Å²) in [6, 6.07) is 0. The lowest BCUT2D eigenvalue weighted by Gasteiger charge is -2.33. The number of aliphatic hydroxyl groups is 2. The van der Waals surface area contributed by atoms with Crippen LogP contribution < -0.4 is 0 Å². The minimum Gasteiger partial charge on any atom is -0.479 e. The third kappa shape index (κ3) is 7.56. The van der Waals surface area contributed by atoms with Crippen molar-refractivity contribution in [1.29, 1.82) is 0 Å². The van der Waals surface area contributed by atoms with Crippen LogP contribution in [0.2, 0.25) is 0 Å². The molecule has 104 valence electrons. The van der Waals surface area contributed by atoms with Crippen molar-refractivity contribution in [1.82, 2.24) is 0 Å². The molecular formula is C10H22O6S. The van der Waals surface area contributed by atoms with Crippen LogP contribution in [0.4, 0.5) is 0 Å². The lowest BCUT2D eigenvalue weighted by Crippen LogP contribution is -2.51. The molecule has 0 aliphatic carbocycles. The molecule has 0 aromatic heterocycles. The molecule has 17 heavy (non-hydrogen) atoms. The molecule has 1 aliphatic rings. The number of carboxylic acid groups (broad SMARTS) is 1. The van der Waals surface area contributed by atoms with Crippen molar-refractivity contribution in [2.45, 2.75) is 58.0 Å². The summed E-state index contributed by atoms with van der Waals surface area (Å²) in [7, 11) is 0. The third-order valence-electron chi connectivity index (χ3n) is 1.90. The number of carboxylic acids is 1. The number of carbonyl (C=O) groups is 1. The molecule has 1 heterocycles. The van der Waals surface area contributed by atoms with Crippen LogP contribution in [-0.4, -0.2) is 50.3 Å². The van der Waals surface area contributed by atoms with Crippen LogP contribution in [0.1, 0.15) is 33.6 Å². The Morgan fingerprint density at radius 1 is 1.35 bits per heavy atom. The summed E-state index contributed by atoms with van der Waals surface area (Å²) in [6.07, 6.45) is -2.44. The van der Waals surface area contributed by atoms with E-state index in [0.717, 1.165) is 0 Å². The molecule has 0 radical (unpaired) electrons. The minimum atomic E-state index is -1.32. The van der Waals surface area contributed by atoms with Gasteiger partial charge in [0.25, 0.3) is 0 Å². The first kappa shape index (κ1) is 19.0. The number of aliphatic hydroxyl groups excluding tert-OH is 2. The Morgan fingerprint density at radius 3 is 2.12 bits per heavy atom. The minimum absolute atomic E-state index is 0.269. The highest BCUT2D eigenvalue weighted by Crippen LogP contribution is 2.19. The van der Waals surface area contributed by atoms with E-state index in [-0.39, 0.29) is 12.5 Å². The molecule has 2 unspecified atom stereocenters. The van der Waals surface area contributed by atoms with Gasteiger partial charge in [0.15, 0.2) is 6.10 Å². The maximum atomic E-state index is 10.5. The van der Waals surface area contributed by atoms with Gasteiger partial charge in [-0.15, -0.1) is 0 Å². The van der Waals surface area contributed by atoms with E-state index >= 15 is 0 Å². The predicted octanol–water partition coefficient (Wildman–Crippen LogP) is 0.776. The topological polar surface area (TPSA) is 107 Å². The lowest BCUT2D eigenvalue weighted by molar-refractivity contribution is -0.190. The second kappa shape index (κ2) is 10.8. The molecule has 0 saturated carbocycles. The fourth-order valence-electron chi connectivity index (χ4n) is 1.27. The van der Waals surface area contributed by atoms with Gasteiger partial charge in [-0.3, -0.25) is 0 Å². The molecule has 0 bridgehead atoms. The average Bonchev–Trinajstić information content (AvgIpc) is 2.27. The van der Waals surface area contributed by atoms with Gasteiger partial charge in [0.2, 0.25) is 0 Å². The Labute approximate surface area is 107 Å². The number of rotatable bonds is 1. The van der Waals surface area contributed by atoms with Crippen molar-refractivity contribution in [3.8, 4) is 0 Å². The maximum Gasteiger partial charge on any atom is 0.335 e. The third-order valence-corrected chi connectivity index (χ3v) is 1.90. The SMILES string of the molecule is CCC.C[C@H]1C[C@@H](O)C(O)C(C(=O)O)O1.OS. The van der Waals surface area contributed by atoms with Gasteiger partial charge in [-0.1, -0.05) is 20.3 Å². The normalized spacial score (nSPS) is 31.5. The molecule has 1 fully saturated rings.